The zero-order valence-electron chi connectivity index (χ0n) is 12.8. The van der Waals surface area contributed by atoms with Crippen LogP contribution in [-0.2, 0) is 21.4 Å². The van der Waals surface area contributed by atoms with Crippen molar-refractivity contribution in [3.05, 3.63) is 54.1 Å². The first-order valence-corrected chi connectivity index (χ1v) is 7.32. The highest BCUT2D eigenvalue weighted by Crippen LogP contribution is 2.36. The van der Waals surface area contributed by atoms with E-state index in [0.29, 0.717) is 13.0 Å². The van der Waals surface area contributed by atoms with Gasteiger partial charge in [-0.15, -0.1) is 0 Å². The Morgan fingerprint density at radius 2 is 2.05 bits per heavy atom. The van der Waals surface area contributed by atoms with Gasteiger partial charge in [0.2, 0.25) is 0 Å². The van der Waals surface area contributed by atoms with E-state index >= 15 is 0 Å². The van der Waals surface area contributed by atoms with Crippen LogP contribution in [0.5, 0.6) is 0 Å². The van der Waals surface area contributed by atoms with E-state index in [0.717, 1.165) is 11.4 Å². The van der Waals surface area contributed by atoms with Crippen LogP contribution in [0.1, 0.15) is 32.2 Å². The number of imidazole rings is 1. The number of hydrogen-bond acceptors (Lipinski definition) is 3. The maximum Gasteiger partial charge on any atom is 0.317 e. The van der Waals surface area contributed by atoms with Gasteiger partial charge in [-0.2, -0.15) is 0 Å². The van der Waals surface area contributed by atoms with E-state index in [2.05, 4.69) is 9.97 Å². The van der Waals surface area contributed by atoms with E-state index in [9.17, 15) is 4.79 Å². The number of carbonyl (C=O) groups excluding carboxylic acids is 1. The molecule has 2 rings (SSSR count). The third-order valence-corrected chi connectivity index (χ3v) is 3.92. The van der Waals surface area contributed by atoms with Crippen LogP contribution in [0.2, 0.25) is 0 Å². The third-order valence-electron chi connectivity index (χ3n) is 3.92. The molecule has 0 fully saturated rings. The largest absolute Gasteiger partial charge is 0.465 e. The molecule has 0 saturated carbocycles. The molecule has 0 aliphatic carbocycles. The highest BCUT2D eigenvalue weighted by Gasteiger charge is 2.45. The van der Waals surface area contributed by atoms with Gasteiger partial charge in [-0.25, -0.2) is 4.98 Å². The number of aromatic nitrogens is 2. The first kappa shape index (κ1) is 15.3. The van der Waals surface area contributed by atoms with Gasteiger partial charge in [-0.3, -0.25) is 4.79 Å². The molecule has 0 spiro atoms. The molecule has 1 heterocycles. The van der Waals surface area contributed by atoms with E-state index in [1.54, 1.807) is 12.4 Å². The number of hydrogen-bond donors (Lipinski definition) is 1. The van der Waals surface area contributed by atoms with Gasteiger partial charge in [-0.05, 0) is 18.4 Å². The maximum atomic E-state index is 12.8. The summed E-state index contributed by atoms with van der Waals surface area (Å²) in [6, 6.07) is 9.83. The molecule has 112 valence electrons. The summed E-state index contributed by atoms with van der Waals surface area (Å²) in [5.41, 5.74) is 0.240. The van der Waals surface area contributed by atoms with Crippen molar-refractivity contribution >= 4 is 5.97 Å². The van der Waals surface area contributed by atoms with Gasteiger partial charge in [0.05, 0.1) is 6.61 Å². The maximum absolute atomic E-state index is 12.8. The van der Waals surface area contributed by atoms with Crippen LogP contribution in [0.15, 0.2) is 42.7 Å². The van der Waals surface area contributed by atoms with Crippen molar-refractivity contribution in [2.75, 3.05) is 6.61 Å². The second kappa shape index (κ2) is 6.57. The first-order valence-electron chi connectivity index (χ1n) is 7.32. The Morgan fingerprint density at radius 1 is 1.33 bits per heavy atom. The van der Waals surface area contributed by atoms with E-state index in [1.165, 1.54) is 0 Å². The molecule has 0 amide bonds. The number of esters is 1. The first-order chi connectivity index (χ1) is 10.1. The van der Waals surface area contributed by atoms with Crippen molar-refractivity contribution in [3.63, 3.8) is 0 Å². The summed E-state index contributed by atoms with van der Waals surface area (Å²) in [5.74, 6) is 0.687. The molecule has 4 nitrogen and oxygen atoms in total. The number of benzene rings is 1. The quantitative estimate of drug-likeness (QED) is 0.830. The second-order valence-electron chi connectivity index (χ2n) is 5.43. The molecule has 21 heavy (non-hydrogen) atoms. The number of ether oxygens (including phenoxy) is 1. The lowest BCUT2D eigenvalue weighted by Crippen LogP contribution is -2.44. The average molecular weight is 286 g/mol. The zero-order valence-corrected chi connectivity index (χ0v) is 12.8. The number of nitrogens with zero attached hydrogens (tertiary/aromatic N) is 1. The molecule has 0 aliphatic heterocycles. The summed E-state index contributed by atoms with van der Waals surface area (Å²) in [4.78, 5) is 20.2. The topological polar surface area (TPSA) is 55.0 Å². The molecule has 2 aromatic rings. The monoisotopic (exact) mass is 286 g/mol. The van der Waals surface area contributed by atoms with Crippen LogP contribution in [-0.4, -0.2) is 22.5 Å². The zero-order chi connectivity index (χ0) is 15.3. The van der Waals surface area contributed by atoms with Gasteiger partial charge >= 0.3 is 5.97 Å². The molecule has 0 bridgehead atoms. The predicted octanol–water partition coefficient (Wildman–Crippen LogP) is 3.11. The van der Waals surface area contributed by atoms with Crippen LogP contribution in [0.3, 0.4) is 0 Å². The van der Waals surface area contributed by atoms with Gasteiger partial charge in [0.1, 0.15) is 11.2 Å². The SMILES string of the molecule is CCOC(=O)C(Cc1ncc[nH]1)(c1ccccc1)C(C)C. The molecule has 0 aliphatic rings. The van der Waals surface area contributed by atoms with Gasteiger partial charge in [0.25, 0.3) is 0 Å². The number of rotatable bonds is 6. The van der Waals surface area contributed by atoms with Crippen LogP contribution in [0.25, 0.3) is 0 Å². The van der Waals surface area contributed by atoms with Crippen LogP contribution >= 0.6 is 0 Å². The molecule has 1 aromatic carbocycles. The van der Waals surface area contributed by atoms with Crippen LogP contribution < -0.4 is 0 Å². The Bertz CT molecular complexity index is 564. The standard InChI is InChI=1S/C17H22N2O2/c1-4-21-16(20)17(13(2)3,12-15-18-10-11-19-15)14-8-6-5-7-9-14/h5-11,13H,4,12H2,1-3H3,(H,18,19). The molecular weight excluding hydrogens is 264 g/mol. The summed E-state index contributed by atoms with van der Waals surface area (Å²) < 4.78 is 5.39. The smallest absolute Gasteiger partial charge is 0.317 e. The Morgan fingerprint density at radius 3 is 2.57 bits per heavy atom. The summed E-state index contributed by atoms with van der Waals surface area (Å²) >= 11 is 0. The van der Waals surface area contributed by atoms with Gasteiger partial charge in [0, 0.05) is 18.8 Å². The Balaban J connectivity index is 2.51. The van der Waals surface area contributed by atoms with Crippen LogP contribution in [0, 0.1) is 5.92 Å². The van der Waals surface area contributed by atoms with Gasteiger partial charge < -0.3 is 9.72 Å². The molecule has 1 unspecified atom stereocenters. The fourth-order valence-electron chi connectivity index (χ4n) is 2.72. The second-order valence-corrected chi connectivity index (χ2v) is 5.43. The van der Waals surface area contributed by atoms with Crippen molar-refractivity contribution in [3.8, 4) is 0 Å². The van der Waals surface area contributed by atoms with Crippen molar-refractivity contribution in [2.24, 2.45) is 5.92 Å². The number of nitrogens with one attached hydrogen (secondary N) is 1. The van der Waals surface area contributed by atoms with Gasteiger partial charge in [0.15, 0.2) is 0 Å². The number of aromatic amines is 1. The Kier molecular flexibility index (Phi) is 4.78. The lowest BCUT2D eigenvalue weighted by Gasteiger charge is -2.35. The molecule has 1 N–H and O–H groups in total. The van der Waals surface area contributed by atoms with Crippen molar-refractivity contribution in [2.45, 2.75) is 32.6 Å². The third kappa shape index (κ3) is 2.99. The fourth-order valence-corrected chi connectivity index (χ4v) is 2.72. The average Bonchev–Trinajstić information content (AvgIpc) is 2.98. The molecule has 1 atom stereocenters. The molecule has 4 heteroatoms. The normalized spacial score (nSPS) is 13.9. The van der Waals surface area contributed by atoms with E-state index in [4.69, 9.17) is 4.74 Å². The molecular formula is C17H22N2O2. The minimum Gasteiger partial charge on any atom is -0.465 e. The predicted molar refractivity (Wildman–Crippen MR) is 81.9 cm³/mol. The Labute approximate surface area is 125 Å². The number of carbonyl (C=O) groups is 1. The number of H-pyrrole nitrogens is 1. The van der Waals surface area contributed by atoms with Crippen molar-refractivity contribution in [1.29, 1.82) is 0 Å². The molecule has 0 saturated heterocycles. The fraction of sp³-hybridized carbons (Fsp3) is 0.412. The summed E-state index contributed by atoms with van der Waals surface area (Å²) in [6.07, 6.45) is 3.98. The van der Waals surface area contributed by atoms with Gasteiger partial charge in [-0.1, -0.05) is 44.2 Å². The highest BCUT2D eigenvalue weighted by molar-refractivity contribution is 5.84. The van der Waals surface area contributed by atoms with E-state index in [1.807, 2.05) is 51.1 Å². The lowest BCUT2D eigenvalue weighted by atomic mass is 9.69. The Hall–Kier alpha value is -2.10. The summed E-state index contributed by atoms with van der Waals surface area (Å²) in [6.45, 7) is 6.30. The minimum atomic E-state index is -0.727. The lowest BCUT2D eigenvalue weighted by molar-refractivity contribution is -0.152. The van der Waals surface area contributed by atoms with E-state index in [-0.39, 0.29) is 11.9 Å². The highest BCUT2D eigenvalue weighted by atomic mass is 16.5. The van der Waals surface area contributed by atoms with Crippen LogP contribution in [0.4, 0.5) is 0 Å². The van der Waals surface area contributed by atoms with E-state index < -0.39 is 5.41 Å². The summed E-state index contributed by atoms with van der Waals surface area (Å²) in [5, 5.41) is 0. The summed E-state index contributed by atoms with van der Waals surface area (Å²) in [7, 11) is 0. The minimum absolute atomic E-state index is 0.0871. The van der Waals surface area contributed by atoms with Crippen molar-refractivity contribution in [1.82, 2.24) is 9.97 Å². The molecule has 0 radical (unpaired) electrons. The molecule has 1 aromatic heterocycles. The van der Waals surface area contributed by atoms with Crippen molar-refractivity contribution < 1.29 is 9.53 Å².